The van der Waals surface area contributed by atoms with E-state index in [4.69, 9.17) is 14.7 Å². The largest absolute Gasteiger partial charge is 0.377 e. The molecular formula is C24H33N5O4S. The van der Waals surface area contributed by atoms with Crippen LogP contribution in [0.15, 0.2) is 30.3 Å². The molecule has 2 N–H and O–H groups in total. The van der Waals surface area contributed by atoms with Crippen LogP contribution in [0.1, 0.15) is 46.2 Å². The van der Waals surface area contributed by atoms with Crippen molar-refractivity contribution in [2.45, 2.75) is 56.1 Å². The zero-order valence-corrected chi connectivity index (χ0v) is 21.2. The molecule has 1 aromatic heterocycles. The van der Waals surface area contributed by atoms with Gasteiger partial charge in [-0.25, -0.2) is 23.2 Å². The molecule has 1 saturated carbocycles. The standard InChI is InChI=1S/C24H33N5O4S/c1-16-15-33-13-12-29(16)20-14-19(24(10-11-24)34(31,32)23(2,3)4)27-21(28-20)17-6-8-18(9-7-17)26-22(30)25-5/h6-9,14,16H,10-13,15H2,1-5H3,(H2,25,26,30)/t16-/m0/s1. The van der Waals surface area contributed by atoms with Gasteiger partial charge in [0, 0.05) is 30.9 Å². The van der Waals surface area contributed by atoms with E-state index < -0.39 is 19.3 Å². The maximum absolute atomic E-state index is 13.6. The number of aromatic nitrogens is 2. The van der Waals surface area contributed by atoms with Gasteiger partial charge in [-0.05, 0) is 64.8 Å². The summed E-state index contributed by atoms with van der Waals surface area (Å²) in [5.74, 6) is 1.17. The molecule has 1 aliphatic carbocycles. The van der Waals surface area contributed by atoms with Crippen molar-refractivity contribution >= 4 is 27.4 Å². The molecule has 9 nitrogen and oxygen atoms in total. The number of nitrogens with one attached hydrogen (secondary N) is 2. The molecule has 0 radical (unpaired) electrons. The Labute approximate surface area is 201 Å². The van der Waals surface area contributed by atoms with Crippen molar-refractivity contribution in [2.24, 2.45) is 0 Å². The molecule has 34 heavy (non-hydrogen) atoms. The van der Waals surface area contributed by atoms with E-state index in [0.29, 0.717) is 55.6 Å². The number of carbonyl (C=O) groups is 1. The Hall–Kier alpha value is -2.72. The molecule has 4 rings (SSSR count). The van der Waals surface area contributed by atoms with E-state index in [-0.39, 0.29) is 12.1 Å². The van der Waals surface area contributed by atoms with Crippen LogP contribution in [0.4, 0.5) is 16.3 Å². The molecule has 0 spiro atoms. The number of morpholine rings is 1. The third-order valence-corrected chi connectivity index (χ3v) is 9.75. The molecule has 2 fully saturated rings. The Bertz CT molecular complexity index is 1170. The second-order valence-electron chi connectivity index (χ2n) is 9.94. The monoisotopic (exact) mass is 487 g/mol. The number of nitrogens with zero attached hydrogens (tertiary/aromatic N) is 3. The number of carbonyl (C=O) groups excluding carboxylic acids is 1. The number of anilines is 2. The predicted molar refractivity (Wildman–Crippen MR) is 133 cm³/mol. The summed E-state index contributed by atoms with van der Waals surface area (Å²) < 4.78 is 30.8. The molecule has 1 aromatic carbocycles. The Morgan fingerprint density at radius 2 is 1.85 bits per heavy atom. The molecule has 2 aromatic rings. The van der Waals surface area contributed by atoms with E-state index in [1.165, 1.54) is 0 Å². The topological polar surface area (TPSA) is 114 Å². The maximum atomic E-state index is 13.6. The SMILES string of the molecule is CNC(=O)Nc1ccc(-c2nc(N3CCOC[C@@H]3C)cc(C3(S(=O)(=O)C(C)(C)C)CC3)n2)cc1. The molecule has 184 valence electrons. The summed E-state index contributed by atoms with van der Waals surface area (Å²) in [4.78, 5) is 23.4. The van der Waals surface area contributed by atoms with Gasteiger partial charge in [0.05, 0.1) is 29.7 Å². The number of benzene rings is 1. The molecule has 0 bridgehead atoms. The summed E-state index contributed by atoms with van der Waals surface area (Å²) in [6, 6.07) is 8.86. The number of urea groups is 1. The first-order chi connectivity index (χ1) is 16.0. The van der Waals surface area contributed by atoms with Gasteiger partial charge in [-0.3, -0.25) is 0 Å². The lowest BCUT2D eigenvalue weighted by molar-refractivity contribution is 0.0985. The number of hydrogen-bond acceptors (Lipinski definition) is 7. The van der Waals surface area contributed by atoms with Crippen LogP contribution in [-0.4, -0.2) is 62.0 Å². The van der Waals surface area contributed by atoms with Gasteiger partial charge < -0.3 is 20.3 Å². The molecule has 2 heterocycles. The van der Waals surface area contributed by atoms with Crippen LogP contribution in [0.2, 0.25) is 0 Å². The number of amides is 2. The fourth-order valence-corrected chi connectivity index (χ4v) is 6.46. The minimum Gasteiger partial charge on any atom is -0.377 e. The Morgan fingerprint density at radius 1 is 1.18 bits per heavy atom. The van der Waals surface area contributed by atoms with Crippen molar-refractivity contribution in [1.82, 2.24) is 15.3 Å². The van der Waals surface area contributed by atoms with Crippen molar-refractivity contribution in [2.75, 3.05) is 37.0 Å². The number of rotatable bonds is 5. The highest BCUT2D eigenvalue weighted by atomic mass is 32.2. The van der Waals surface area contributed by atoms with E-state index in [1.807, 2.05) is 18.2 Å². The first-order valence-corrected chi connectivity index (χ1v) is 13.0. The maximum Gasteiger partial charge on any atom is 0.318 e. The molecule has 10 heteroatoms. The molecule has 2 amide bonds. The predicted octanol–water partition coefficient (Wildman–Crippen LogP) is 3.32. The van der Waals surface area contributed by atoms with Crippen molar-refractivity contribution in [1.29, 1.82) is 0 Å². The number of sulfone groups is 1. The van der Waals surface area contributed by atoms with E-state index >= 15 is 0 Å². The van der Waals surface area contributed by atoms with Gasteiger partial charge in [0.2, 0.25) is 0 Å². The smallest absolute Gasteiger partial charge is 0.318 e. The quantitative estimate of drug-likeness (QED) is 0.665. The lowest BCUT2D eigenvalue weighted by atomic mass is 10.1. The highest BCUT2D eigenvalue weighted by molar-refractivity contribution is 7.94. The highest BCUT2D eigenvalue weighted by Crippen LogP contribution is 2.56. The van der Waals surface area contributed by atoms with Crippen molar-refractivity contribution in [3.8, 4) is 11.4 Å². The average molecular weight is 488 g/mol. The normalized spacial score (nSPS) is 20.0. The average Bonchev–Trinajstić information content (AvgIpc) is 3.61. The molecule has 1 aliphatic heterocycles. The fraction of sp³-hybridized carbons (Fsp3) is 0.542. The van der Waals surface area contributed by atoms with Gasteiger partial charge in [-0.15, -0.1) is 0 Å². The number of hydrogen-bond donors (Lipinski definition) is 2. The summed E-state index contributed by atoms with van der Waals surface area (Å²) >= 11 is 0. The van der Waals surface area contributed by atoms with Crippen LogP contribution < -0.4 is 15.5 Å². The molecular weight excluding hydrogens is 454 g/mol. The Balaban J connectivity index is 1.80. The summed E-state index contributed by atoms with van der Waals surface area (Å²) in [5.41, 5.74) is 1.93. The summed E-state index contributed by atoms with van der Waals surface area (Å²) in [6.07, 6.45) is 1.10. The fourth-order valence-electron chi connectivity index (χ4n) is 4.27. The zero-order chi connectivity index (χ0) is 24.7. The second-order valence-corrected chi connectivity index (χ2v) is 13.0. The minimum absolute atomic E-state index is 0.109. The van der Waals surface area contributed by atoms with Crippen LogP contribution in [0.5, 0.6) is 0 Å². The minimum atomic E-state index is -3.49. The van der Waals surface area contributed by atoms with E-state index in [2.05, 4.69) is 22.5 Å². The van der Waals surface area contributed by atoms with Gasteiger partial charge in [-0.1, -0.05) is 0 Å². The van der Waals surface area contributed by atoms with Gasteiger partial charge in [-0.2, -0.15) is 0 Å². The Kier molecular flexibility index (Phi) is 6.32. The van der Waals surface area contributed by atoms with Gasteiger partial charge >= 0.3 is 6.03 Å². The van der Waals surface area contributed by atoms with Gasteiger partial charge in [0.1, 0.15) is 10.6 Å². The van der Waals surface area contributed by atoms with Crippen molar-refractivity contribution in [3.63, 3.8) is 0 Å². The van der Waals surface area contributed by atoms with Crippen LogP contribution in [0, 0.1) is 0 Å². The second kappa shape index (κ2) is 8.81. The highest BCUT2D eigenvalue weighted by Gasteiger charge is 2.61. The van der Waals surface area contributed by atoms with Crippen LogP contribution in [0.25, 0.3) is 11.4 Å². The van der Waals surface area contributed by atoms with Gasteiger partial charge in [0.15, 0.2) is 15.7 Å². The molecule has 2 aliphatic rings. The van der Waals surface area contributed by atoms with E-state index in [9.17, 15) is 13.2 Å². The zero-order valence-electron chi connectivity index (χ0n) is 20.4. The third kappa shape index (κ3) is 4.36. The first-order valence-electron chi connectivity index (χ1n) is 11.6. The Morgan fingerprint density at radius 3 is 2.41 bits per heavy atom. The van der Waals surface area contributed by atoms with Crippen molar-refractivity contribution < 1.29 is 17.9 Å². The van der Waals surface area contributed by atoms with E-state index in [1.54, 1.807) is 40.0 Å². The molecule has 0 unspecified atom stereocenters. The van der Waals surface area contributed by atoms with Crippen LogP contribution in [0.3, 0.4) is 0 Å². The van der Waals surface area contributed by atoms with Gasteiger partial charge in [0.25, 0.3) is 0 Å². The number of ether oxygens (including phenoxy) is 1. The molecule has 1 atom stereocenters. The van der Waals surface area contributed by atoms with Crippen molar-refractivity contribution in [3.05, 3.63) is 36.0 Å². The lowest BCUT2D eigenvalue weighted by Gasteiger charge is -2.35. The van der Waals surface area contributed by atoms with Crippen LogP contribution in [-0.2, 0) is 19.3 Å². The third-order valence-electron chi connectivity index (χ3n) is 6.49. The van der Waals surface area contributed by atoms with Crippen LogP contribution >= 0.6 is 0 Å². The van der Waals surface area contributed by atoms with E-state index in [0.717, 1.165) is 5.56 Å². The first kappa shape index (κ1) is 24.4. The summed E-state index contributed by atoms with van der Waals surface area (Å²) in [6.45, 7) is 9.14. The lowest BCUT2D eigenvalue weighted by Crippen LogP contribution is -2.44. The summed E-state index contributed by atoms with van der Waals surface area (Å²) in [7, 11) is -1.94. The summed E-state index contributed by atoms with van der Waals surface area (Å²) in [5, 5.41) is 5.25. The molecule has 1 saturated heterocycles.